The van der Waals surface area contributed by atoms with Crippen molar-refractivity contribution in [3.8, 4) is 5.75 Å². The first kappa shape index (κ1) is 14.4. The first-order chi connectivity index (χ1) is 9.56. The van der Waals surface area contributed by atoms with Crippen molar-refractivity contribution in [2.75, 3.05) is 24.8 Å². The van der Waals surface area contributed by atoms with Gasteiger partial charge in [0.1, 0.15) is 5.75 Å². The molecule has 0 fully saturated rings. The summed E-state index contributed by atoms with van der Waals surface area (Å²) >= 11 is 3.35. The molecule has 0 radical (unpaired) electrons. The Labute approximate surface area is 126 Å². The van der Waals surface area contributed by atoms with E-state index in [4.69, 9.17) is 10.5 Å². The number of hydrogen-bond donors (Lipinski definition) is 1. The van der Waals surface area contributed by atoms with Gasteiger partial charge in [-0.15, -0.1) is 0 Å². The molecular weight excluding hydrogens is 320 g/mol. The topological polar surface area (TPSA) is 55.6 Å². The van der Waals surface area contributed by atoms with Crippen LogP contribution in [0.15, 0.2) is 46.9 Å². The summed E-state index contributed by atoms with van der Waals surface area (Å²) in [5.74, 6) is 0.483. The number of rotatable bonds is 3. The van der Waals surface area contributed by atoms with E-state index >= 15 is 0 Å². The van der Waals surface area contributed by atoms with Gasteiger partial charge < -0.3 is 15.4 Å². The molecule has 2 aromatic rings. The van der Waals surface area contributed by atoms with Crippen molar-refractivity contribution in [1.82, 2.24) is 0 Å². The van der Waals surface area contributed by atoms with Crippen LogP contribution >= 0.6 is 15.9 Å². The Kier molecular flexibility index (Phi) is 4.29. The van der Waals surface area contributed by atoms with Crippen LogP contribution in [0.2, 0.25) is 0 Å². The van der Waals surface area contributed by atoms with Crippen LogP contribution in [-0.4, -0.2) is 20.1 Å². The molecule has 0 saturated carbocycles. The maximum atomic E-state index is 12.6. The number of nitrogens with zero attached hydrogens (tertiary/aromatic N) is 1. The normalized spacial score (nSPS) is 10.2. The highest BCUT2D eigenvalue weighted by Crippen LogP contribution is 2.30. The van der Waals surface area contributed by atoms with Crippen molar-refractivity contribution >= 4 is 33.2 Å². The van der Waals surface area contributed by atoms with Crippen LogP contribution in [0.3, 0.4) is 0 Å². The first-order valence-corrected chi connectivity index (χ1v) is 6.80. The Balaban J connectivity index is 2.40. The maximum Gasteiger partial charge on any atom is 0.259 e. The van der Waals surface area contributed by atoms with Crippen molar-refractivity contribution in [3.63, 3.8) is 0 Å². The second kappa shape index (κ2) is 5.96. The third-order valence-electron chi connectivity index (χ3n) is 3.01. The molecule has 0 atom stereocenters. The van der Waals surface area contributed by atoms with E-state index in [1.165, 1.54) is 0 Å². The minimum atomic E-state index is -0.159. The number of para-hydroxylation sites is 2. The molecule has 2 aromatic carbocycles. The molecule has 0 aliphatic heterocycles. The molecule has 2 rings (SSSR count). The lowest BCUT2D eigenvalue weighted by Crippen LogP contribution is -2.27. The summed E-state index contributed by atoms with van der Waals surface area (Å²) in [5.41, 5.74) is 7.56. The number of carbonyl (C=O) groups is 1. The molecule has 0 saturated heterocycles. The van der Waals surface area contributed by atoms with Crippen LogP contribution in [0, 0.1) is 0 Å². The number of methoxy groups -OCH3 is 1. The van der Waals surface area contributed by atoms with Gasteiger partial charge in [0.2, 0.25) is 0 Å². The van der Waals surface area contributed by atoms with Crippen molar-refractivity contribution in [1.29, 1.82) is 0 Å². The molecule has 0 unspecified atom stereocenters. The van der Waals surface area contributed by atoms with Gasteiger partial charge in [0.05, 0.1) is 22.8 Å². The molecule has 2 N–H and O–H groups in total. The summed E-state index contributed by atoms with van der Waals surface area (Å²) in [6.45, 7) is 0. The van der Waals surface area contributed by atoms with Crippen LogP contribution in [0.5, 0.6) is 5.75 Å². The number of carbonyl (C=O) groups excluding carboxylic acids is 1. The number of benzene rings is 2. The summed E-state index contributed by atoms with van der Waals surface area (Å²) < 4.78 is 5.88. The smallest absolute Gasteiger partial charge is 0.259 e. The highest BCUT2D eigenvalue weighted by atomic mass is 79.9. The van der Waals surface area contributed by atoms with Gasteiger partial charge in [0.25, 0.3) is 5.91 Å². The Bertz CT molecular complexity index is 644. The number of anilines is 2. The highest BCUT2D eigenvalue weighted by molar-refractivity contribution is 9.10. The number of nitrogens with two attached hydrogens (primary N) is 1. The zero-order valence-electron chi connectivity index (χ0n) is 11.3. The fraction of sp³-hybridized carbons (Fsp3) is 0.133. The summed E-state index contributed by atoms with van der Waals surface area (Å²) in [6.07, 6.45) is 0. The van der Waals surface area contributed by atoms with Crippen molar-refractivity contribution in [2.45, 2.75) is 0 Å². The Morgan fingerprint density at radius 2 is 1.90 bits per heavy atom. The van der Waals surface area contributed by atoms with Gasteiger partial charge in [0, 0.05) is 12.7 Å². The third kappa shape index (κ3) is 2.63. The minimum absolute atomic E-state index is 0.159. The fourth-order valence-corrected chi connectivity index (χ4v) is 2.35. The monoisotopic (exact) mass is 334 g/mol. The van der Waals surface area contributed by atoms with E-state index in [2.05, 4.69) is 15.9 Å². The SMILES string of the molecule is COc1ccccc1N(C)C(=O)c1cccc(N)c1Br. The average molecular weight is 335 g/mol. The van der Waals surface area contributed by atoms with Crippen molar-refractivity contribution in [3.05, 3.63) is 52.5 Å². The van der Waals surface area contributed by atoms with Gasteiger partial charge in [-0.25, -0.2) is 0 Å². The van der Waals surface area contributed by atoms with E-state index in [1.54, 1.807) is 37.3 Å². The Morgan fingerprint density at radius 1 is 1.20 bits per heavy atom. The van der Waals surface area contributed by atoms with E-state index in [1.807, 2.05) is 24.3 Å². The van der Waals surface area contributed by atoms with Gasteiger partial charge in [-0.2, -0.15) is 0 Å². The van der Waals surface area contributed by atoms with E-state index in [0.29, 0.717) is 27.2 Å². The summed E-state index contributed by atoms with van der Waals surface area (Å²) in [5, 5.41) is 0. The molecule has 0 heterocycles. The Hall–Kier alpha value is -2.01. The molecular formula is C15H15BrN2O2. The molecule has 4 nitrogen and oxygen atoms in total. The molecule has 0 bridgehead atoms. The van der Waals surface area contributed by atoms with E-state index in [-0.39, 0.29) is 5.91 Å². The molecule has 20 heavy (non-hydrogen) atoms. The van der Waals surface area contributed by atoms with E-state index in [9.17, 15) is 4.79 Å². The molecule has 5 heteroatoms. The van der Waals surface area contributed by atoms with Gasteiger partial charge in [-0.1, -0.05) is 18.2 Å². The second-order valence-electron chi connectivity index (χ2n) is 4.24. The van der Waals surface area contributed by atoms with Crippen molar-refractivity contribution in [2.24, 2.45) is 0 Å². The number of hydrogen-bond acceptors (Lipinski definition) is 3. The summed E-state index contributed by atoms with van der Waals surface area (Å²) in [6, 6.07) is 12.6. The lowest BCUT2D eigenvalue weighted by molar-refractivity contribution is 0.0991. The quantitative estimate of drug-likeness (QED) is 0.876. The van der Waals surface area contributed by atoms with E-state index < -0.39 is 0 Å². The average Bonchev–Trinajstić information content (AvgIpc) is 2.48. The highest BCUT2D eigenvalue weighted by Gasteiger charge is 2.19. The standard InChI is InChI=1S/C15H15BrN2O2/c1-18(12-8-3-4-9-13(12)20-2)15(19)10-6-5-7-11(17)14(10)16/h3-9H,17H2,1-2H3. The molecule has 0 aromatic heterocycles. The lowest BCUT2D eigenvalue weighted by atomic mass is 10.1. The van der Waals surface area contributed by atoms with Crippen LogP contribution in [0.4, 0.5) is 11.4 Å². The lowest BCUT2D eigenvalue weighted by Gasteiger charge is -2.20. The molecule has 1 amide bonds. The van der Waals surface area contributed by atoms with Crippen LogP contribution in [0.1, 0.15) is 10.4 Å². The number of amides is 1. The zero-order valence-corrected chi connectivity index (χ0v) is 12.8. The van der Waals surface area contributed by atoms with Crippen LogP contribution < -0.4 is 15.4 Å². The van der Waals surface area contributed by atoms with Crippen LogP contribution in [0.25, 0.3) is 0 Å². The molecule has 0 aliphatic rings. The number of ether oxygens (including phenoxy) is 1. The maximum absolute atomic E-state index is 12.6. The first-order valence-electron chi connectivity index (χ1n) is 6.01. The Morgan fingerprint density at radius 3 is 2.60 bits per heavy atom. The largest absolute Gasteiger partial charge is 0.495 e. The fourth-order valence-electron chi connectivity index (χ4n) is 1.91. The van der Waals surface area contributed by atoms with Gasteiger partial charge >= 0.3 is 0 Å². The van der Waals surface area contributed by atoms with Gasteiger partial charge in [-0.3, -0.25) is 4.79 Å². The number of nitrogen functional groups attached to an aromatic ring is 1. The van der Waals surface area contributed by atoms with Gasteiger partial charge in [0.15, 0.2) is 0 Å². The van der Waals surface area contributed by atoms with E-state index in [0.717, 1.165) is 0 Å². The van der Waals surface area contributed by atoms with Crippen molar-refractivity contribution < 1.29 is 9.53 Å². The summed E-state index contributed by atoms with van der Waals surface area (Å²) in [4.78, 5) is 14.1. The predicted molar refractivity (Wildman–Crippen MR) is 84.3 cm³/mol. The summed E-state index contributed by atoms with van der Waals surface area (Å²) in [7, 11) is 3.28. The molecule has 0 aliphatic carbocycles. The second-order valence-corrected chi connectivity index (χ2v) is 5.04. The minimum Gasteiger partial charge on any atom is -0.495 e. The number of halogens is 1. The zero-order chi connectivity index (χ0) is 14.7. The molecule has 0 spiro atoms. The predicted octanol–water partition coefficient (Wildman–Crippen LogP) is 3.32. The molecule has 104 valence electrons. The van der Waals surface area contributed by atoms with Crippen LogP contribution in [-0.2, 0) is 0 Å². The third-order valence-corrected chi connectivity index (χ3v) is 3.90. The van der Waals surface area contributed by atoms with Gasteiger partial charge in [-0.05, 0) is 40.2 Å².